The molecule has 0 atom stereocenters. The number of ether oxygens (including phenoxy) is 6. The summed E-state index contributed by atoms with van der Waals surface area (Å²) in [5.74, 6) is 4.23. The molecule has 0 aromatic heterocycles. The summed E-state index contributed by atoms with van der Waals surface area (Å²) in [5, 5.41) is 6.16. The molecule has 0 unspecified atom stereocenters. The molecule has 4 bridgehead atoms. The Bertz CT molecular complexity index is 2200. The van der Waals surface area contributed by atoms with Crippen molar-refractivity contribution in [2.24, 2.45) is 0 Å². The Balaban J connectivity index is 1.80. The van der Waals surface area contributed by atoms with Gasteiger partial charge in [-0.05, 0) is 74.9 Å². The summed E-state index contributed by atoms with van der Waals surface area (Å²) in [6.45, 7) is 17.0. The van der Waals surface area contributed by atoms with Crippen molar-refractivity contribution in [2.45, 2.75) is 196 Å². The minimum atomic E-state index is 0.599. The second-order valence-corrected chi connectivity index (χ2v) is 19.6. The third kappa shape index (κ3) is 22.2. The lowest BCUT2D eigenvalue weighted by Crippen LogP contribution is -2.02. The fourth-order valence-electron chi connectivity index (χ4n) is 8.48. The van der Waals surface area contributed by atoms with Crippen LogP contribution in [-0.2, 0) is 0 Å². The molecule has 5 rings (SSSR count). The van der Waals surface area contributed by atoms with E-state index in [9.17, 15) is 0 Å². The van der Waals surface area contributed by atoms with Crippen molar-refractivity contribution in [3.63, 3.8) is 0 Å². The van der Waals surface area contributed by atoms with Crippen molar-refractivity contribution in [2.75, 3.05) is 39.6 Å². The first kappa shape index (κ1) is 58.8. The van der Waals surface area contributed by atoms with Crippen LogP contribution >= 0.6 is 0 Å². The Morgan fingerprint density at radius 1 is 0.230 bits per heavy atom. The lowest BCUT2D eigenvalue weighted by molar-refractivity contribution is 0.259. The van der Waals surface area contributed by atoms with Gasteiger partial charge in [-0.1, -0.05) is 206 Å². The number of hydrogen-bond donors (Lipinski definition) is 0. The summed E-state index contributed by atoms with van der Waals surface area (Å²) >= 11 is 0. The summed E-state index contributed by atoms with van der Waals surface area (Å²) < 4.78 is 39.0. The minimum absolute atomic E-state index is 0.599. The van der Waals surface area contributed by atoms with Crippen LogP contribution in [0.1, 0.15) is 196 Å². The quantitative estimate of drug-likeness (QED) is 0.0373. The molecule has 0 aliphatic rings. The lowest BCUT2D eigenvalue weighted by Gasteiger charge is -2.13. The van der Waals surface area contributed by atoms with E-state index in [1.54, 1.807) is 0 Å². The van der Waals surface area contributed by atoms with E-state index in [2.05, 4.69) is 90.1 Å². The zero-order valence-electron chi connectivity index (χ0n) is 46.4. The number of fused-ring (bicyclic) bond motifs is 6. The highest BCUT2D eigenvalue weighted by Gasteiger charge is 2.11. The van der Waals surface area contributed by atoms with Crippen molar-refractivity contribution < 1.29 is 28.4 Å². The van der Waals surface area contributed by atoms with Crippen LogP contribution in [-0.4, -0.2) is 39.6 Å². The van der Waals surface area contributed by atoms with E-state index in [0.717, 1.165) is 157 Å². The predicted octanol–water partition coefficient (Wildman–Crippen LogP) is 19.3. The van der Waals surface area contributed by atoms with E-state index in [1.165, 1.54) is 51.4 Å². The average molecular weight is 1000 g/mol. The molecular weight excluding hydrogens is 913 g/mol. The van der Waals surface area contributed by atoms with Gasteiger partial charge in [0, 0.05) is 67.4 Å². The van der Waals surface area contributed by atoms with Crippen LogP contribution in [0.15, 0.2) is 60.7 Å². The molecule has 0 heterocycles. The van der Waals surface area contributed by atoms with Crippen molar-refractivity contribution in [3.8, 4) is 34.5 Å². The van der Waals surface area contributed by atoms with Gasteiger partial charge in [0.25, 0.3) is 0 Å². The highest BCUT2D eigenvalue weighted by molar-refractivity contribution is 5.85. The maximum Gasteiger partial charge on any atom is 0.162 e. The molecule has 5 aromatic rings. The van der Waals surface area contributed by atoms with Gasteiger partial charge in [0.05, 0.1) is 39.6 Å². The number of rotatable bonds is 36. The fraction of sp³-hybridized carbons (Fsp3) is 0.529. The maximum absolute atomic E-state index is 6.53. The minimum Gasteiger partial charge on any atom is -0.494 e. The zero-order chi connectivity index (χ0) is 52.3. The molecule has 0 saturated carbocycles. The summed E-state index contributed by atoms with van der Waals surface area (Å²) in [4.78, 5) is 0. The Kier molecular flexibility index (Phi) is 28.6. The number of hydrogen-bond acceptors (Lipinski definition) is 6. The van der Waals surface area contributed by atoms with Crippen molar-refractivity contribution in [1.29, 1.82) is 0 Å². The van der Waals surface area contributed by atoms with Gasteiger partial charge >= 0.3 is 0 Å². The molecule has 0 spiro atoms. The van der Waals surface area contributed by atoms with Crippen molar-refractivity contribution in [3.05, 3.63) is 109 Å². The van der Waals surface area contributed by atoms with Crippen molar-refractivity contribution in [1.82, 2.24) is 0 Å². The maximum atomic E-state index is 6.53. The summed E-state index contributed by atoms with van der Waals surface area (Å²) in [5.41, 5.74) is 0. The Morgan fingerprint density at radius 3 is 0.662 bits per heavy atom. The number of benzene rings is 4. The fourth-order valence-corrected chi connectivity index (χ4v) is 8.48. The van der Waals surface area contributed by atoms with E-state index in [4.69, 9.17) is 28.4 Å². The lowest BCUT2D eigenvalue weighted by atomic mass is 10.1. The van der Waals surface area contributed by atoms with E-state index < -0.39 is 0 Å². The van der Waals surface area contributed by atoms with Crippen LogP contribution in [0.4, 0.5) is 0 Å². The number of unbranched alkanes of at least 4 members (excludes halogenated alkanes) is 18. The molecule has 0 aliphatic carbocycles. The first-order valence-corrected chi connectivity index (χ1v) is 29.0. The first-order valence-electron chi connectivity index (χ1n) is 29.0. The standard InChI is InChI=1S/C68H88O6/c1-7-13-19-25-39-69-63-47-55-31-35-59-51-65(71-41-27-21-15-9-3)67(73-43-29-23-17-11-5)53-61(59)37-33-57-46-58(50-64(49-57)70-40-26-20-14-8-2)34-38-62-54-68(74-44-30-24-18-12-6)66(72-42-28-22-16-10-4)52-60(62)36-32-56(45-55)48-63/h45-54H,7-30,39-44H2,1-6H3. The van der Waals surface area contributed by atoms with Gasteiger partial charge in [0.15, 0.2) is 23.0 Å². The molecule has 6 heteroatoms. The van der Waals surface area contributed by atoms with Gasteiger partial charge in [0.1, 0.15) is 11.5 Å². The SMILES string of the molecule is CCCCCCOc1cc2c#cc3cc(OCCCCCC)c(OCCCCCC)cc3c#cc3cc(OCCCCCC)cc(c#cc4cc(OCCCCCC)c(OCCCCCC)cc4c#cc(c1)c2)c3. The average Bonchev–Trinajstić information content (AvgIpc) is 3.41. The van der Waals surface area contributed by atoms with Crippen LogP contribution in [0, 0.1) is 48.5 Å². The van der Waals surface area contributed by atoms with Gasteiger partial charge in [-0.25, -0.2) is 0 Å². The molecule has 0 N–H and O–H groups in total. The van der Waals surface area contributed by atoms with E-state index in [0.29, 0.717) is 62.6 Å². The molecule has 0 saturated heterocycles. The summed E-state index contributed by atoms with van der Waals surface area (Å²) in [6.07, 6.45) is 26.6. The molecule has 74 heavy (non-hydrogen) atoms. The zero-order valence-corrected chi connectivity index (χ0v) is 46.4. The normalized spacial score (nSPS) is 10.7. The van der Waals surface area contributed by atoms with E-state index >= 15 is 0 Å². The van der Waals surface area contributed by atoms with Gasteiger partial charge in [-0.3, -0.25) is 0 Å². The van der Waals surface area contributed by atoms with Crippen molar-refractivity contribution >= 4 is 43.1 Å². The largest absolute Gasteiger partial charge is 0.494 e. The van der Waals surface area contributed by atoms with Crippen LogP contribution in [0.5, 0.6) is 34.5 Å². The van der Waals surface area contributed by atoms with Gasteiger partial charge in [0.2, 0.25) is 0 Å². The molecule has 0 fully saturated rings. The first-order chi connectivity index (χ1) is 36.5. The van der Waals surface area contributed by atoms with Crippen LogP contribution in [0.2, 0.25) is 0 Å². The topological polar surface area (TPSA) is 55.4 Å². The third-order valence-electron chi connectivity index (χ3n) is 12.9. The highest BCUT2D eigenvalue weighted by Crippen LogP contribution is 2.34. The molecule has 5 aromatic carbocycles. The van der Waals surface area contributed by atoms with Crippen LogP contribution < -0.4 is 28.4 Å². The Hall–Kier alpha value is -6.08. The van der Waals surface area contributed by atoms with Gasteiger partial charge < -0.3 is 28.4 Å². The smallest absolute Gasteiger partial charge is 0.162 e. The van der Waals surface area contributed by atoms with Crippen LogP contribution in [0.25, 0.3) is 43.1 Å². The second-order valence-electron chi connectivity index (χ2n) is 19.6. The van der Waals surface area contributed by atoms with E-state index in [1.807, 2.05) is 60.7 Å². The highest BCUT2D eigenvalue weighted by atomic mass is 16.5. The van der Waals surface area contributed by atoms with Gasteiger partial charge in [-0.2, -0.15) is 0 Å². The molecule has 0 radical (unpaired) electrons. The second kappa shape index (κ2) is 36.0. The monoisotopic (exact) mass is 1000 g/mol. The van der Waals surface area contributed by atoms with Gasteiger partial charge in [-0.15, -0.1) is 0 Å². The Labute approximate surface area is 448 Å². The third-order valence-corrected chi connectivity index (χ3v) is 12.9. The summed E-state index contributed by atoms with van der Waals surface area (Å²) in [6, 6.07) is 48.4. The predicted molar refractivity (Wildman–Crippen MR) is 309 cm³/mol. The molecular formula is C68H88O6. The summed E-state index contributed by atoms with van der Waals surface area (Å²) in [7, 11) is 0. The Morgan fingerprint density at radius 2 is 0.446 bits per heavy atom. The van der Waals surface area contributed by atoms with Crippen LogP contribution in [0.3, 0.4) is 0 Å². The molecule has 0 amide bonds. The molecule has 396 valence electrons. The van der Waals surface area contributed by atoms with E-state index in [-0.39, 0.29) is 0 Å². The molecule has 6 nitrogen and oxygen atoms in total. The molecule has 0 aliphatic heterocycles.